The Kier molecular flexibility index (Phi) is 29.5. The number of imidazole rings is 3. The van der Waals surface area contributed by atoms with Gasteiger partial charge < -0.3 is 64.5 Å². The van der Waals surface area contributed by atoms with Crippen LogP contribution >= 0.6 is 45.2 Å². The first-order chi connectivity index (χ1) is 53.6. The van der Waals surface area contributed by atoms with Gasteiger partial charge in [0, 0.05) is 101 Å². The summed E-state index contributed by atoms with van der Waals surface area (Å²) in [5, 5.41) is 34.9. The lowest BCUT2D eigenvalue weighted by atomic mass is 9.83. The molecule has 612 valence electrons. The predicted octanol–water partition coefficient (Wildman–Crippen LogP) is 15.2. The number of aliphatic imine (C=N–C) groups is 2. The summed E-state index contributed by atoms with van der Waals surface area (Å²) in [5.74, 6) is -2.20. The number of alkyl carbamates (subject to hydrolysis) is 2. The third kappa shape index (κ3) is 21.4. The Labute approximate surface area is 694 Å². The second-order valence-electron chi connectivity index (χ2n) is 30.6. The first-order valence-electron chi connectivity index (χ1n) is 37.2. The summed E-state index contributed by atoms with van der Waals surface area (Å²) in [7, 11) is 5.69. The molecule has 3 aliphatic carbocycles. The van der Waals surface area contributed by atoms with Crippen molar-refractivity contribution in [3.63, 3.8) is 0 Å². The minimum atomic E-state index is -0.979. The Morgan fingerprint density at radius 2 is 0.861 bits per heavy atom. The molecule has 0 saturated heterocycles. The molecule has 3 fully saturated rings. The number of carboxylic acid groups (broad SMARTS) is 1. The zero-order valence-corrected chi connectivity index (χ0v) is 67.9. The van der Waals surface area contributed by atoms with E-state index in [0.29, 0.717) is 50.3 Å². The average molecular weight is 1800 g/mol. The van der Waals surface area contributed by atoms with E-state index in [1.165, 1.54) is 6.42 Å². The maximum absolute atomic E-state index is 13.6. The first kappa shape index (κ1) is 88.0. The van der Waals surface area contributed by atoms with Crippen molar-refractivity contribution in [1.29, 1.82) is 0 Å². The Bertz CT molecular complexity index is 5220. The molecule has 7 amide bonds. The highest BCUT2D eigenvalue weighted by Crippen LogP contribution is 2.39. The molecule has 0 spiro atoms. The normalized spacial score (nSPS) is 16.2. The van der Waals surface area contributed by atoms with Crippen LogP contribution in [0, 0.1) is 17.8 Å². The summed E-state index contributed by atoms with van der Waals surface area (Å²) in [6.45, 7) is 10.6. The number of aromatic amines is 3. The van der Waals surface area contributed by atoms with E-state index in [4.69, 9.17) is 9.47 Å². The fourth-order valence-corrected chi connectivity index (χ4v) is 15.7. The maximum atomic E-state index is 13.6. The fraction of sp³-hybridized carbons (Fsp3) is 0.432. The number of carboxylic acids is 1. The monoisotopic (exact) mass is 1800 g/mol. The van der Waals surface area contributed by atoms with Crippen LogP contribution < -0.4 is 37.5 Å². The van der Waals surface area contributed by atoms with Crippen LogP contribution in [0.1, 0.15) is 208 Å². The number of hydrazone groups is 3. The number of ether oxygens (including phenoxy) is 2. The quantitative estimate of drug-likeness (QED) is 0.0336. The largest absolute Gasteiger partial charge is 0.480 e. The summed E-state index contributed by atoms with van der Waals surface area (Å²) >= 11 is 4.11. The number of aliphatic carboxylic acids is 1. The molecule has 0 bridgehead atoms. The van der Waals surface area contributed by atoms with Gasteiger partial charge in [-0.3, -0.25) is 34.0 Å². The molecule has 9 aromatic rings. The molecule has 15 rings (SSSR count). The second-order valence-corrected chi connectivity index (χ2v) is 31.7. The number of halogens is 2. The van der Waals surface area contributed by atoms with E-state index < -0.39 is 47.5 Å². The minimum Gasteiger partial charge on any atom is -0.480 e. The van der Waals surface area contributed by atoms with E-state index in [2.05, 4.69) is 115 Å². The third-order valence-electron chi connectivity index (χ3n) is 19.9. The van der Waals surface area contributed by atoms with Crippen LogP contribution in [0.5, 0.6) is 0 Å². The number of hydrogen-bond acceptors (Lipinski definition) is 18. The molecule has 0 radical (unpaired) electrons. The van der Waals surface area contributed by atoms with E-state index in [1.807, 2.05) is 88.2 Å². The van der Waals surface area contributed by atoms with Gasteiger partial charge in [-0.1, -0.05) is 80.1 Å². The Morgan fingerprint density at radius 1 is 0.504 bits per heavy atom. The molecule has 0 unspecified atom stereocenters. The van der Waals surface area contributed by atoms with Gasteiger partial charge in [-0.2, -0.15) is 15.3 Å². The number of amides is 7. The number of aryl methyl sites for hydroxylation is 3. The molecule has 6 aliphatic rings. The van der Waals surface area contributed by atoms with Gasteiger partial charge in [0.25, 0.3) is 17.7 Å². The predicted molar refractivity (Wildman–Crippen MR) is 466 cm³/mol. The molecule has 3 saturated carbocycles. The highest BCUT2D eigenvalue weighted by Gasteiger charge is 2.36. The zero-order chi connectivity index (χ0) is 79.7. The van der Waals surface area contributed by atoms with Crippen molar-refractivity contribution in [1.82, 2.24) is 70.5 Å². The van der Waals surface area contributed by atoms with Crippen molar-refractivity contribution in [3.8, 4) is 34.2 Å². The maximum Gasteiger partial charge on any atom is 0.408 e. The van der Waals surface area contributed by atoms with E-state index in [9.17, 15) is 43.5 Å². The Balaban J connectivity index is 0.000000180. The van der Waals surface area contributed by atoms with Gasteiger partial charge in [-0.25, -0.2) is 45.6 Å². The van der Waals surface area contributed by atoms with E-state index >= 15 is 0 Å². The number of benzene rings is 3. The van der Waals surface area contributed by atoms with E-state index in [-0.39, 0.29) is 69.6 Å². The van der Waals surface area contributed by atoms with Crippen molar-refractivity contribution in [2.24, 2.45) is 64.2 Å². The van der Waals surface area contributed by atoms with Gasteiger partial charge in [-0.15, -0.1) is 0 Å². The molecule has 32 nitrogen and oxygen atoms in total. The van der Waals surface area contributed by atoms with Crippen LogP contribution in [-0.4, -0.2) is 153 Å². The number of hydrogen-bond donors (Lipinski definition) is 11. The number of nitrogens with zero attached hydrogens (tertiary/aromatic N) is 11. The number of H-pyrrole nitrogens is 3. The van der Waals surface area contributed by atoms with Crippen molar-refractivity contribution in [2.45, 2.75) is 189 Å². The van der Waals surface area contributed by atoms with Crippen LogP contribution in [0.2, 0.25) is 0 Å². The zero-order valence-electron chi connectivity index (χ0n) is 63.6. The number of nitrogens with one attached hydrogen (secondary N) is 10. The summed E-state index contributed by atoms with van der Waals surface area (Å²) in [5.41, 5.74) is 18.5. The van der Waals surface area contributed by atoms with Crippen molar-refractivity contribution < 1.29 is 52.9 Å². The lowest BCUT2D eigenvalue weighted by molar-refractivity contribution is -0.141. The van der Waals surface area contributed by atoms with E-state index in [1.54, 1.807) is 112 Å². The lowest BCUT2D eigenvalue weighted by Crippen LogP contribution is -2.50. The van der Waals surface area contributed by atoms with Crippen LogP contribution in [0.3, 0.4) is 0 Å². The first-order valence-corrected chi connectivity index (χ1v) is 39.7. The number of carbonyl (C=O) groups excluding carboxylic acids is 7. The molecular formula is C81H103I2N21O11. The number of rotatable bonds is 15. The molecule has 6 aromatic heterocycles. The van der Waals surface area contributed by atoms with Crippen molar-refractivity contribution in [2.75, 3.05) is 10.6 Å². The van der Waals surface area contributed by atoms with Crippen molar-refractivity contribution >= 4 is 170 Å². The summed E-state index contributed by atoms with van der Waals surface area (Å²) in [4.78, 5) is 132. The number of anilines is 2. The Morgan fingerprint density at radius 3 is 1.22 bits per heavy atom. The van der Waals surface area contributed by atoms with Gasteiger partial charge >= 0.3 is 18.2 Å². The molecule has 3 atom stereocenters. The van der Waals surface area contributed by atoms with Gasteiger partial charge in [-0.05, 0) is 179 Å². The van der Waals surface area contributed by atoms with Gasteiger partial charge in [0.2, 0.25) is 11.8 Å². The minimum absolute atomic E-state index is 0. The van der Waals surface area contributed by atoms with Crippen LogP contribution in [0.15, 0.2) is 99.3 Å². The van der Waals surface area contributed by atoms with Crippen LogP contribution in [0.4, 0.5) is 26.7 Å². The molecule has 34 heteroatoms. The average Bonchev–Trinajstić information content (AvgIpc) is 1.61. The van der Waals surface area contributed by atoms with E-state index in [0.717, 1.165) is 157 Å². The molecule has 3 aromatic carbocycles. The topological polar surface area (TPSA) is 422 Å². The molecule has 9 heterocycles. The van der Waals surface area contributed by atoms with Crippen molar-refractivity contribution in [3.05, 3.63) is 107 Å². The van der Waals surface area contributed by atoms with Gasteiger partial charge in [0.15, 0.2) is 0 Å². The summed E-state index contributed by atoms with van der Waals surface area (Å²) < 4.78 is 19.4. The smallest absolute Gasteiger partial charge is 0.408 e. The lowest BCUT2D eigenvalue weighted by Gasteiger charge is -2.31. The number of carbonyl (C=O) groups is 8. The summed E-state index contributed by atoms with van der Waals surface area (Å²) in [6, 6.07) is 8.62. The van der Waals surface area contributed by atoms with Gasteiger partial charge in [0.1, 0.15) is 46.4 Å². The summed E-state index contributed by atoms with van der Waals surface area (Å²) in [6.07, 6.45) is 29.6. The molecule has 3 aliphatic heterocycles. The Hall–Kier alpha value is -10.9. The molecule has 115 heavy (non-hydrogen) atoms. The van der Waals surface area contributed by atoms with Gasteiger partial charge in [0.05, 0.1) is 85.5 Å². The highest BCUT2D eigenvalue weighted by molar-refractivity contribution is 14.1. The fourth-order valence-electron chi connectivity index (χ4n) is 15.1. The van der Waals surface area contributed by atoms with Crippen LogP contribution in [0.25, 0.3) is 66.9 Å². The second kappa shape index (κ2) is 38.5. The SMILES string of the molecule is C.C.C.CC(C)(C)OC(=O)N[C@@H](C(=O)O)C1CCCCC1.Cn1cnc(-c2[nH]c3cc(N=CI)cc4c3c2C=NNC4=O)c1.Cn1cnc(-c2[nH]c3cc(NC(=O)[C@H](N=CI)C4CCCCC4)cc4c3c2C=NNC4=O)c1.Cn1cnc(-c2[nH]c3cc(NC(=O)[C@H](NC(=O)OC(C)(C)C)C4CCCCC4)cc4c3c2C=NNC4=O)c1. The molecule has 11 N–H and O–H groups in total. The molecular weight excluding hydrogens is 1700 g/mol. The standard InChI is InChI=1S/C27H33N7O4.C23H24IN7O2.C15H11IN6O.C13H23NO4.3CH4/c1-27(2,3)38-26(37)32-22(15-8-6-5-7-9-15)25(36)30-16-10-17-21-18(12-29-33-24(17)35)23(31-19(21)11-16)20-13-34(4)14-28-20;1-31-10-18(26-12-31)21-16-9-27-30-22(32)15-7-14(8-17(29-21)19(15)16)28-23(33)20(25-11-24)13-5-3-2-4-6-13;1-22-5-12(18-7-22)14-10-4-19-21-15(23)9-2-8(17-6-16)3-11(20-14)13(9)10;1-13(2,3)18-12(17)14-10(11(15)16)9-7-5-4-6-8-9;;;/h10-15,22,31H,5-9H2,1-4H3,(H,30,36)(H,32,37)(H,33,35);7-13,20,29H,2-6H2,1H3,(H,28,33)(H,30,32);2-7,20H,1H3,(H,21,23);9-10H,4-8H2,1-3H3,(H,14,17)(H,15,16);3*1H4/t22-;20-;;10-;;;/m11.1.../s1. The third-order valence-corrected chi connectivity index (χ3v) is 20.5. The number of aromatic nitrogens is 9. The highest BCUT2D eigenvalue weighted by atomic mass is 127. The van der Waals surface area contributed by atoms with Crippen LogP contribution in [-0.2, 0) is 45.0 Å².